The Bertz CT molecular complexity index is 389. The summed E-state index contributed by atoms with van der Waals surface area (Å²) < 4.78 is 0. The Morgan fingerprint density at radius 3 is 2.20 bits per heavy atom. The van der Waals surface area contributed by atoms with Crippen LogP contribution < -0.4 is 0 Å². The molecule has 0 N–H and O–H groups in total. The zero-order chi connectivity index (χ0) is 13.8. The predicted octanol–water partition coefficient (Wildman–Crippen LogP) is 3.56. The molecule has 0 spiro atoms. The highest BCUT2D eigenvalue weighted by molar-refractivity contribution is 5.20. The number of likely N-dealkylation sites (N-methyl/N-ethyl adjacent to an activating group) is 1. The number of hydrogen-bond donors (Lipinski definition) is 0. The Morgan fingerprint density at radius 1 is 0.900 bits per heavy atom. The lowest BCUT2D eigenvalue weighted by molar-refractivity contribution is 0.0670. The third kappa shape index (κ3) is 3.24. The molecule has 0 radical (unpaired) electrons. The fourth-order valence-electron chi connectivity index (χ4n) is 3.98. The molecule has 2 fully saturated rings. The predicted molar refractivity (Wildman–Crippen MR) is 84.8 cm³/mol. The van der Waals surface area contributed by atoms with Gasteiger partial charge in [0.15, 0.2) is 0 Å². The molecule has 3 rings (SSSR count). The first-order valence-corrected chi connectivity index (χ1v) is 8.32. The molecule has 0 aromatic heterocycles. The third-order valence-corrected chi connectivity index (χ3v) is 5.17. The van der Waals surface area contributed by atoms with Crippen molar-refractivity contribution in [2.45, 2.75) is 38.1 Å². The number of hydrogen-bond acceptors (Lipinski definition) is 2. The summed E-state index contributed by atoms with van der Waals surface area (Å²) >= 11 is 0. The van der Waals surface area contributed by atoms with Crippen LogP contribution in [0.4, 0.5) is 0 Å². The van der Waals surface area contributed by atoms with E-state index in [1.54, 1.807) is 5.56 Å². The number of rotatable bonds is 3. The highest BCUT2D eigenvalue weighted by atomic mass is 15.3. The smallest absolute Gasteiger partial charge is 0.0377 e. The van der Waals surface area contributed by atoms with Gasteiger partial charge in [-0.2, -0.15) is 0 Å². The molecule has 2 aliphatic rings. The molecule has 0 amide bonds. The van der Waals surface area contributed by atoms with Crippen LogP contribution in [0.5, 0.6) is 0 Å². The lowest BCUT2D eigenvalue weighted by atomic mass is 9.80. The number of piperazine rings is 1. The van der Waals surface area contributed by atoms with E-state index < -0.39 is 0 Å². The summed E-state index contributed by atoms with van der Waals surface area (Å²) in [5.74, 6) is 0.870. The van der Waals surface area contributed by atoms with Gasteiger partial charge in [0.1, 0.15) is 0 Å². The lowest BCUT2D eigenvalue weighted by Crippen LogP contribution is -2.47. The van der Waals surface area contributed by atoms with E-state index in [1.807, 2.05) is 0 Å². The molecule has 1 saturated carbocycles. The molecule has 1 saturated heterocycles. The van der Waals surface area contributed by atoms with Gasteiger partial charge in [-0.15, -0.1) is 0 Å². The molecule has 1 heterocycles. The summed E-state index contributed by atoms with van der Waals surface area (Å²) in [6.45, 7) is 4.89. The molecule has 0 bridgehead atoms. The first-order chi connectivity index (χ1) is 9.84. The lowest BCUT2D eigenvalue weighted by Gasteiger charge is -2.43. The minimum atomic E-state index is 0.658. The summed E-state index contributed by atoms with van der Waals surface area (Å²) in [5.41, 5.74) is 1.55. The summed E-state index contributed by atoms with van der Waals surface area (Å²) in [7, 11) is 2.25. The quantitative estimate of drug-likeness (QED) is 0.830. The van der Waals surface area contributed by atoms with E-state index in [9.17, 15) is 0 Å². The van der Waals surface area contributed by atoms with Crippen molar-refractivity contribution in [2.75, 3.05) is 33.2 Å². The van der Waals surface area contributed by atoms with Crippen molar-refractivity contribution in [2.24, 2.45) is 5.92 Å². The monoisotopic (exact) mass is 272 g/mol. The molecule has 1 aromatic rings. The Balaban J connectivity index is 1.79. The first-order valence-electron chi connectivity index (χ1n) is 8.32. The standard InChI is InChI=1S/C18H28N2/c1-19-12-14-20(15-13-19)18(16-8-4-2-5-9-16)17-10-6-3-7-11-17/h2,4-5,8-9,17-18H,3,6-7,10-15H2,1H3. The molecule has 20 heavy (non-hydrogen) atoms. The Labute approximate surface area is 123 Å². The van der Waals surface area contributed by atoms with Crippen LogP contribution in [-0.2, 0) is 0 Å². The van der Waals surface area contributed by atoms with Crippen LogP contribution in [-0.4, -0.2) is 43.0 Å². The van der Waals surface area contributed by atoms with Gasteiger partial charge >= 0.3 is 0 Å². The van der Waals surface area contributed by atoms with Crippen LogP contribution in [0.1, 0.15) is 43.7 Å². The second kappa shape index (κ2) is 6.73. The fraction of sp³-hybridized carbons (Fsp3) is 0.667. The van der Waals surface area contributed by atoms with E-state index in [-0.39, 0.29) is 0 Å². The summed E-state index contributed by atoms with van der Waals surface area (Å²) in [6, 6.07) is 11.9. The van der Waals surface area contributed by atoms with E-state index in [1.165, 1.54) is 58.3 Å². The van der Waals surface area contributed by atoms with Gasteiger partial charge in [0.05, 0.1) is 0 Å². The topological polar surface area (TPSA) is 6.48 Å². The average Bonchev–Trinajstić information content (AvgIpc) is 2.52. The maximum atomic E-state index is 2.76. The molecular weight excluding hydrogens is 244 g/mol. The van der Waals surface area contributed by atoms with Crippen molar-refractivity contribution >= 4 is 0 Å². The Morgan fingerprint density at radius 2 is 1.55 bits per heavy atom. The first kappa shape index (κ1) is 14.1. The number of benzene rings is 1. The second-order valence-electron chi connectivity index (χ2n) is 6.59. The van der Waals surface area contributed by atoms with Gasteiger partial charge in [-0.1, -0.05) is 49.6 Å². The van der Waals surface area contributed by atoms with E-state index in [4.69, 9.17) is 0 Å². The minimum Gasteiger partial charge on any atom is -0.304 e. The van der Waals surface area contributed by atoms with Crippen LogP contribution in [0.3, 0.4) is 0 Å². The van der Waals surface area contributed by atoms with Crippen LogP contribution in [0.15, 0.2) is 30.3 Å². The van der Waals surface area contributed by atoms with Crippen molar-refractivity contribution in [3.63, 3.8) is 0 Å². The van der Waals surface area contributed by atoms with Gasteiger partial charge < -0.3 is 4.90 Å². The van der Waals surface area contributed by atoms with Crippen LogP contribution >= 0.6 is 0 Å². The second-order valence-corrected chi connectivity index (χ2v) is 6.59. The molecule has 1 aromatic carbocycles. The largest absolute Gasteiger partial charge is 0.304 e. The van der Waals surface area contributed by atoms with Crippen molar-refractivity contribution in [1.29, 1.82) is 0 Å². The van der Waals surface area contributed by atoms with Crippen LogP contribution in [0.25, 0.3) is 0 Å². The van der Waals surface area contributed by atoms with E-state index in [0.29, 0.717) is 6.04 Å². The van der Waals surface area contributed by atoms with Crippen LogP contribution in [0, 0.1) is 5.92 Å². The molecule has 110 valence electrons. The van der Waals surface area contributed by atoms with Crippen molar-refractivity contribution in [1.82, 2.24) is 9.80 Å². The van der Waals surface area contributed by atoms with Gasteiger partial charge in [0.25, 0.3) is 0 Å². The molecule has 1 unspecified atom stereocenters. The molecule has 1 aliphatic heterocycles. The summed E-state index contributed by atoms with van der Waals surface area (Å²) in [5, 5.41) is 0. The van der Waals surface area contributed by atoms with E-state index in [2.05, 4.69) is 47.2 Å². The Hall–Kier alpha value is -0.860. The minimum absolute atomic E-state index is 0.658. The molecular formula is C18H28N2. The molecule has 1 atom stereocenters. The fourth-order valence-corrected chi connectivity index (χ4v) is 3.98. The maximum absolute atomic E-state index is 2.76. The molecule has 2 nitrogen and oxygen atoms in total. The van der Waals surface area contributed by atoms with Crippen LogP contribution in [0.2, 0.25) is 0 Å². The van der Waals surface area contributed by atoms with Gasteiger partial charge in [-0.25, -0.2) is 0 Å². The zero-order valence-electron chi connectivity index (χ0n) is 12.8. The zero-order valence-corrected chi connectivity index (χ0v) is 12.8. The SMILES string of the molecule is CN1CCN(C(c2ccccc2)C2CCCCC2)CC1. The van der Waals surface area contributed by atoms with E-state index in [0.717, 1.165) is 5.92 Å². The maximum Gasteiger partial charge on any atom is 0.0377 e. The highest BCUT2D eigenvalue weighted by Crippen LogP contribution is 2.38. The Kier molecular flexibility index (Phi) is 4.74. The van der Waals surface area contributed by atoms with Gasteiger partial charge in [-0.3, -0.25) is 4.90 Å². The highest BCUT2D eigenvalue weighted by Gasteiger charge is 2.31. The van der Waals surface area contributed by atoms with E-state index >= 15 is 0 Å². The van der Waals surface area contributed by atoms with Crippen molar-refractivity contribution in [3.05, 3.63) is 35.9 Å². The number of nitrogens with zero attached hydrogens (tertiary/aromatic N) is 2. The van der Waals surface area contributed by atoms with Crippen molar-refractivity contribution in [3.8, 4) is 0 Å². The normalized spacial score (nSPS) is 24.6. The average molecular weight is 272 g/mol. The van der Waals surface area contributed by atoms with Gasteiger partial charge in [0.2, 0.25) is 0 Å². The molecule has 2 heteroatoms. The van der Waals surface area contributed by atoms with Crippen molar-refractivity contribution < 1.29 is 0 Å². The summed E-state index contributed by atoms with van der Waals surface area (Å²) in [4.78, 5) is 5.21. The molecule has 1 aliphatic carbocycles. The third-order valence-electron chi connectivity index (χ3n) is 5.17. The van der Waals surface area contributed by atoms with Gasteiger partial charge in [0, 0.05) is 32.2 Å². The summed E-state index contributed by atoms with van der Waals surface area (Å²) in [6.07, 6.45) is 7.15. The van der Waals surface area contributed by atoms with Gasteiger partial charge in [-0.05, 0) is 31.4 Å².